The summed E-state index contributed by atoms with van der Waals surface area (Å²) in [7, 11) is -3.43. The summed E-state index contributed by atoms with van der Waals surface area (Å²) in [6.45, 7) is 4.11. The van der Waals surface area contributed by atoms with Gasteiger partial charge < -0.3 is 5.32 Å². The molecule has 0 aliphatic carbocycles. The Kier molecular flexibility index (Phi) is 6.61. The summed E-state index contributed by atoms with van der Waals surface area (Å²) < 4.78 is 24.5. The van der Waals surface area contributed by atoms with Crippen molar-refractivity contribution in [2.24, 2.45) is 0 Å². The highest BCUT2D eigenvalue weighted by Crippen LogP contribution is 2.30. The lowest BCUT2D eigenvalue weighted by atomic mass is 9.95. The molecule has 4 aromatic rings. The third-order valence-electron chi connectivity index (χ3n) is 5.79. The molecule has 6 heteroatoms. The number of nitrogens with one attached hydrogen (secondary N) is 1. The molecule has 3 aromatic carbocycles. The van der Waals surface area contributed by atoms with Crippen LogP contribution in [0.3, 0.4) is 0 Å². The molecule has 172 valence electrons. The van der Waals surface area contributed by atoms with Gasteiger partial charge in [-0.3, -0.25) is 9.78 Å². The van der Waals surface area contributed by atoms with Gasteiger partial charge in [0.05, 0.1) is 10.6 Å². The summed E-state index contributed by atoms with van der Waals surface area (Å²) in [6.07, 6.45) is 3.73. The van der Waals surface area contributed by atoms with Crippen molar-refractivity contribution in [3.05, 3.63) is 102 Å². The molecule has 0 saturated carbocycles. The normalized spacial score (nSPS) is 11.3. The van der Waals surface area contributed by atoms with Crippen LogP contribution >= 0.6 is 0 Å². The van der Waals surface area contributed by atoms with E-state index in [-0.39, 0.29) is 10.8 Å². The van der Waals surface area contributed by atoms with E-state index in [2.05, 4.69) is 17.2 Å². The third kappa shape index (κ3) is 5.07. The van der Waals surface area contributed by atoms with E-state index in [9.17, 15) is 13.2 Å². The van der Waals surface area contributed by atoms with Crippen LogP contribution in [0.2, 0.25) is 0 Å². The Morgan fingerprint density at radius 1 is 0.912 bits per heavy atom. The monoisotopic (exact) mass is 470 g/mol. The van der Waals surface area contributed by atoms with Crippen molar-refractivity contribution in [1.82, 2.24) is 4.98 Å². The van der Waals surface area contributed by atoms with Gasteiger partial charge in [0.1, 0.15) is 0 Å². The maximum atomic E-state index is 13.4. The second-order valence-electron chi connectivity index (χ2n) is 8.22. The van der Waals surface area contributed by atoms with E-state index < -0.39 is 9.84 Å². The zero-order chi connectivity index (χ0) is 24.3. The van der Waals surface area contributed by atoms with Gasteiger partial charge in [0.25, 0.3) is 5.91 Å². The van der Waals surface area contributed by atoms with Crippen molar-refractivity contribution in [1.29, 1.82) is 0 Å². The molecule has 0 atom stereocenters. The van der Waals surface area contributed by atoms with Crippen LogP contribution in [0.4, 0.5) is 5.69 Å². The maximum absolute atomic E-state index is 13.4. The molecular formula is C28H26N2O3S. The minimum atomic E-state index is -3.43. The SMILES string of the molecule is CCc1cc(-c2cc(S(C)(=O)=O)ccc2C(=O)Nc2cccc(-c3ccccn3)c2)ccc1C. The van der Waals surface area contributed by atoms with Gasteiger partial charge in [-0.25, -0.2) is 8.42 Å². The van der Waals surface area contributed by atoms with Crippen molar-refractivity contribution in [2.75, 3.05) is 11.6 Å². The number of aromatic nitrogens is 1. The molecule has 4 rings (SSSR count). The minimum absolute atomic E-state index is 0.176. The van der Waals surface area contributed by atoms with E-state index in [1.54, 1.807) is 18.3 Å². The highest BCUT2D eigenvalue weighted by Gasteiger charge is 2.18. The van der Waals surface area contributed by atoms with Crippen LogP contribution in [0.1, 0.15) is 28.4 Å². The Hall–Kier alpha value is -3.77. The van der Waals surface area contributed by atoms with Gasteiger partial charge in [0.15, 0.2) is 9.84 Å². The fourth-order valence-electron chi connectivity index (χ4n) is 3.90. The molecule has 5 nitrogen and oxygen atoms in total. The second-order valence-corrected chi connectivity index (χ2v) is 10.2. The standard InChI is InChI=1S/C28H26N2O3S/c1-4-20-16-21(12-11-19(20)2)26-18-24(34(3,32)33)13-14-25(26)28(31)30-23-9-7-8-22(17-23)27-10-5-6-15-29-27/h5-18H,4H2,1-3H3,(H,30,31). The first-order valence-electron chi connectivity index (χ1n) is 11.0. The summed E-state index contributed by atoms with van der Waals surface area (Å²) in [5.74, 6) is -0.313. The molecular weight excluding hydrogens is 444 g/mol. The van der Waals surface area contributed by atoms with E-state index in [0.717, 1.165) is 34.4 Å². The number of rotatable bonds is 6. The number of anilines is 1. The maximum Gasteiger partial charge on any atom is 0.256 e. The number of aryl methyl sites for hydroxylation is 2. The van der Waals surface area contributed by atoms with Gasteiger partial charge in [-0.05, 0) is 78.1 Å². The smallest absolute Gasteiger partial charge is 0.256 e. The molecule has 0 aliphatic heterocycles. The Labute approximate surface area is 200 Å². The lowest BCUT2D eigenvalue weighted by molar-refractivity contribution is 0.102. The first-order valence-corrected chi connectivity index (χ1v) is 12.9. The fraction of sp³-hybridized carbons (Fsp3) is 0.143. The molecule has 34 heavy (non-hydrogen) atoms. The van der Waals surface area contributed by atoms with Gasteiger partial charge in [0.2, 0.25) is 0 Å². The highest BCUT2D eigenvalue weighted by atomic mass is 32.2. The molecule has 1 N–H and O–H groups in total. The molecule has 1 heterocycles. The first-order chi connectivity index (χ1) is 16.3. The van der Waals surface area contributed by atoms with E-state index >= 15 is 0 Å². The van der Waals surface area contributed by atoms with Crippen LogP contribution in [0.25, 0.3) is 22.4 Å². The van der Waals surface area contributed by atoms with E-state index in [4.69, 9.17) is 0 Å². The molecule has 0 spiro atoms. The minimum Gasteiger partial charge on any atom is -0.322 e. The zero-order valence-electron chi connectivity index (χ0n) is 19.4. The van der Waals surface area contributed by atoms with Crippen LogP contribution < -0.4 is 5.32 Å². The summed E-state index contributed by atoms with van der Waals surface area (Å²) in [6, 6.07) is 23.7. The summed E-state index contributed by atoms with van der Waals surface area (Å²) in [5.41, 5.74) is 6.42. The second kappa shape index (κ2) is 9.61. The van der Waals surface area contributed by atoms with E-state index in [0.29, 0.717) is 16.8 Å². The average Bonchev–Trinajstić information content (AvgIpc) is 2.84. The van der Waals surface area contributed by atoms with Crippen LogP contribution in [0, 0.1) is 6.92 Å². The number of carbonyl (C=O) groups is 1. The lowest BCUT2D eigenvalue weighted by Gasteiger charge is -2.14. The van der Waals surface area contributed by atoms with Gasteiger partial charge >= 0.3 is 0 Å². The zero-order valence-corrected chi connectivity index (χ0v) is 20.2. The summed E-state index contributed by atoms with van der Waals surface area (Å²) >= 11 is 0. The molecule has 1 amide bonds. The highest BCUT2D eigenvalue weighted by molar-refractivity contribution is 7.90. The fourth-order valence-corrected chi connectivity index (χ4v) is 4.55. The van der Waals surface area contributed by atoms with E-state index in [1.807, 2.05) is 67.6 Å². The van der Waals surface area contributed by atoms with Crippen molar-refractivity contribution >= 4 is 21.4 Å². The largest absolute Gasteiger partial charge is 0.322 e. The Morgan fingerprint density at radius 3 is 2.44 bits per heavy atom. The number of benzene rings is 3. The molecule has 0 fully saturated rings. The molecule has 0 radical (unpaired) electrons. The predicted octanol–water partition coefficient (Wildman–Crippen LogP) is 5.94. The number of carbonyl (C=O) groups excluding carboxylic acids is 1. The molecule has 0 unspecified atom stereocenters. The van der Waals surface area contributed by atoms with Gasteiger partial charge in [-0.2, -0.15) is 0 Å². The summed E-state index contributed by atoms with van der Waals surface area (Å²) in [4.78, 5) is 17.9. The van der Waals surface area contributed by atoms with Gasteiger partial charge in [-0.1, -0.05) is 43.3 Å². The van der Waals surface area contributed by atoms with E-state index in [1.165, 1.54) is 12.3 Å². The quantitative estimate of drug-likeness (QED) is 0.378. The first kappa shape index (κ1) is 23.4. The Balaban J connectivity index is 1.75. The van der Waals surface area contributed by atoms with Crippen LogP contribution in [-0.2, 0) is 16.3 Å². The number of hydrogen-bond acceptors (Lipinski definition) is 4. The number of pyridine rings is 1. The number of nitrogens with zero attached hydrogens (tertiary/aromatic N) is 1. The van der Waals surface area contributed by atoms with Crippen LogP contribution in [0.15, 0.2) is 90.0 Å². The number of sulfone groups is 1. The van der Waals surface area contributed by atoms with Crippen LogP contribution in [0.5, 0.6) is 0 Å². The average molecular weight is 471 g/mol. The topological polar surface area (TPSA) is 76.1 Å². The molecule has 0 saturated heterocycles. The third-order valence-corrected chi connectivity index (χ3v) is 6.90. The Morgan fingerprint density at radius 2 is 1.74 bits per heavy atom. The van der Waals surface area contributed by atoms with Crippen molar-refractivity contribution in [3.8, 4) is 22.4 Å². The van der Waals surface area contributed by atoms with Crippen LogP contribution in [-0.4, -0.2) is 25.6 Å². The molecule has 0 aliphatic rings. The van der Waals surface area contributed by atoms with Gasteiger partial charge in [-0.15, -0.1) is 0 Å². The molecule has 1 aromatic heterocycles. The molecule has 0 bridgehead atoms. The lowest BCUT2D eigenvalue weighted by Crippen LogP contribution is -2.14. The Bertz CT molecular complexity index is 1460. The van der Waals surface area contributed by atoms with Crippen molar-refractivity contribution in [2.45, 2.75) is 25.2 Å². The van der Waals surface area contributed by atoms with Crippen molar-refractivity contribution in [3.63, 3.8) is 0 Å². The number of amides is 1. The number of hydrogen-bond donors (Lipinski definition) is 1. The predicted molar refractivity (Wildman–Crippen MR) is 137 cm³/mol. The van der Waals surface area contributed by atoms with Crippen molar-refractivity contribution < 1.29 is 13.2 Å². The van der Waals surface area contributed by atoms with Gasteiger partial charge in [0, 0.05) is 29.3 Å². The summed E-state index contributed by atoms with van der Waals surface area (Å²) in [5, 5.41) is 2.96.